The Balaban J connectivity index is 1.70. The van der Waals surface area contributed by atoms with Crippen molar-refractivity contribution < 1.29 is 9.18 Å². The Labute approximate surface area is 169 Å². The van der Waals surface area contributed by atoms with Crippen LogP contribution in [0, 0.1) is 31.0 Å². The Morgan fingerprint density at radius 3 is 2.64 bits per heavy atom. The molecule has 1 unspecified atom stereocenters. The molecule has 28 heavy (non-hydrogen) atoms. The van der Waals surface area contributed by atoms with E-state index in [4.69, 9.17) is 0 Å². The van der Waals surface area contributed by atoms with Gasteiger partial charge in [0, 0.05) is 10.9 Å². The van der Waals surface area contributed by atoms with Gasteiger partial charge >= 0.3 is 0 Å². The van der Waals surface area contributed by atoms with Crippen molar-refractivity contribution in [2.75, 3.05) is 5.32 Å². The summed E-state index contributed by atoms with van der Waals surface area (Å²) in [6.07, 6.45) is 0. The van der Waals surface area contributed by atoms with Crippen LogP contribution in [0.3, 0.4) is 0 Å². The normalized spacial score (nSPS) is 11.7. The first kappa shape index (κ1) is 19.9. The number of nitrogens with one attached hydrogen (secondary N) is 1. The van der Waals surface area contributed by atoms with Gasteiger partial charge in [-0.25, -0.2) is 19.3 Å². The molecule has 1 aromatic carbocycles. The lowest BCUT2D eigenvalue weighted by Crippen LogP contribution is -2.22. The summed E-state index contributed by atoms with van der Waals surface area (Å²) in [5.41, 5.74) is 2.40. The molecule has 0 bridgehead atoms. The van der Waals surface area contributed by atoms with Crippen LogP contribution in [-0.2, 0) is 4.79 Å². The summed E-state index contributed by atoms with van der Waals surface area (Å²) in [6, 6.07) is 8.10. The molecule has 0 fully saturated rings. The number of hydrogen-bond donors (Lipinski definition) is 1. The minimum absolute atomic E-state index is 0.247. The number of anilines is 1. The second-order valence-corrected chi connectivity index (χ2v) is 8.13. The summed E-state index contributed by atoms with van der Waals surface area (Å²) in [5, 5.41) is 14.4. The molecule has 0 saturated carbocycles. The van der Waals surface area contributed by atoms with Crippen molar-refractivity contribution >= 4 is 34.1 Å². The molecule has 0 aliphatic heterocycles. The third-order valence-electron chi connectivity index (χ3n) is 3.81. The SMILES string of the molecule is Cc1nc(C)c(C#N)c(SC(C)C(=O)Nc2nc(-c3ccc(F)cc3)cs2)n1. The number of benzene rings is 1. The number of hydrogen-bond acceptors (Lipinski definition) is 7. The van der Waals surface area contributed by atoms with Gasteiger partial charge in [-0.2, -0.15) is 5.26 Å². The Bertz CT molecular complexity index is 1060. The van der Waals surface area contributed by atoms with E-state index in [-0.39, 0.29) is 11.7 Å². The molecule has 3 aromatic rings. The number of thiazole rings is 1. The molecule has 2 heterocycles. The van der Waals surface area contributed by atoms with Gasteiger partial charge < -0.3 is 5.32 Å². The Morgan fingerprint density at radius 2 is 1.96 bits per heavy atom. The summed E-state index contributed by atoms with van der Waals surface area (Å²) in [6.45, 7) is 5.23. The van der Waals surface area contributed by atoms with Gasteiger partial charge in [0.1, 0.15) is 28.3 Å². The molecular weight excluding hydrogens is 397 g/mol. The molecule has 3 rings (SSSR count). The number of thioether (sulfide) groups is 1. The Kier molecular flexibility index (Phi) is 6.02. The van der Waals surface area contributed by atoms with Crippen molar-refractivity contribution in [1.29, 1.82) is 5.26 Å². The summed E-state index contributed by atoms with van der Waals surface area (Å²) in [4.78, 5) is 25.4. The fourth-order valence-electron chi connectivity index (χ4n) is 2.41. The van der Waals surface area contributed by atoms with E-state index < -0.39 is 5.25 Å². The lowest BCUT2D eigenvalue weighted by molar-refractivity contribution is -0.115. The average molecular weight is 414 g/mol. The first-order valence-corrected chi connectivity index (χ1v) is 10.1. The maximum Gasteiger partial charge on any atom is 0.239 e. The highest BCUT2D eigenvalue weighted by Crippen LogP contribution is 2.29. The van der Waals surface area contributed by atoms with Gasteiger partial charge in [-0.3, -0.25) is 4.79 Å². The number of amides is 1. The van der Waals surface area contributed by atoms with E-state index in [0.717, 1.165) is 5.56 Å². The minimum Gasteiger partial charge on any atom is -0.301 e. The van der Waals surface area contributed by atoms with Crippen molar-refractivity contribution in [2.24, 2.45) is 0 Å². The van der Waals surface area contributed by atoms with Crippen LogP contribution in [0.25, 0.3) is 11.3 Å². The summed E-state index contributed by atoms with van der Waals surface area (Å²) in [7, 11) is 0. The van der Waals surface area contributed by atoms with Crippen molar-refractivity contribution in [2.45, 2.75) is 31.0 Å². The van der Waals surface area contributed by atoms with E-state index in [1.165, 1.54) is 35.2 Å². The van der Waals surface area contributed by atoms with Crippen LogP contribution in [0.4, 0.5) is 9.52 Å². The van der Waals surface area contributed by atoms with E-state index in [1.807, 2.05) is 0 Å². The molecule has 1 amide bonds. The summed E-state index contributed by atoms with van der Waals surface area (Å²) in [5.74, 6) is -0.0106. The first-order valence-electron chi connectivity index (χ1n) is 8.31. The molecule has 0 aliphatic rings. The summed E-state index contributed by atoms with van der Waals surface area (Å²) < 4.78 is 13.0. The smallest absolute Gasteiger partial charge is 0.239 e. The molecule has 0 radical (unpaired) electrons. The fourth-order valence-corrected chi connectivity index (χ4v) is 4.13. The lowest BCUT2D eigenvalue weighted by atomic mass is 10.2. The number of nitrogens with zero attached hydrogens (tertiary/aromatic N) is 4. The zero-order valence-corrected chi connectivity index (χ0v) is 17.0. The predicted octanol–water partition coefficient (Wildman–Crippen LogP) is 4.35. The molecule has 2 aromatic heterocycles. The number of aromatic nitrogens is 3. The van der Waals surface area contributed by atoms with Crippen LogP contribution < -0.4 is 5.32 Å². The van der Waals surface area contributed by atoms with Crippen molar-refractivity contribution in [3.8, 4) is 17.3 Å². The third kappa shape index (κ3) is 4.52. The molecule has 0 aliphatic carbocycles. The number of halogens is 1. The zero-order chi connectivity index (χ0) is 20.3. The largest absolute Gasteiger partial charge is 0.301 e. The monoisotopic (exact) mass is 413 g/mol. The second-order valence-electron chi connectivity index (χ2n) is 5.94. The number of nitriles is 1. The molecule has 1 atom stereocenters. The number of rotatable bonds is 5. The maximum atomic E-state index is 13.0. The maximum absolute atomic E-state index is 13.0. The first-order chi connectivity index (χ1) is 13.4. The summed E-state index contributed by atoms with van der Waals surface area (Å²) >= 11 is 2.49. The van der Waals surface area contributed by atoms with Crippen LogP contribution in [0.15, 0.2) is 34.7 Å². The highest BCUT2D eigenvalue weighted by molar-refractivity contribution is 8.00. The van der Waals surface area contributed by atoms with Crippen molar-refractivity contribution in [3.05, 3.63) is 52.5 Å². The van der Waals surface area contributed by atoms with E-state index in [9.17, 15) is 14.4 Å². The fraction of sp³-hybridized carbons (Fsp3) is 0.211. The quantitative estimate of drug-likeness (QED) is 0.494. The molecule has 9 heteroatoms. The standard InChI is InChI=1S/C19H16FN5OS2/c1-10-15(8-21)18(23-12(3)22-10)28-11(2)17(26)25-19-24-16(9-27-19)13-4-6-14(20)7-5-13/h4-7,9,11H,1-3H3,(H,24,25,26). The van der Waals surface area contributed by atoms with E-state index in [0.29, 0.717) is 32.9 Å². The van der Waals surface area contributed by atoms with Gasteiger partial charge in [-0.1, -0.05) is 11.8 Å². The van der Waals surface area contributed by atoms with E-state index in [2.05, 4.69) is 26.3 Å². The lowest BCUT2D eigenvalue weighted by Gasteiger charge is -2.12. The molecule has 142 valence electrons. The topological polar surface area (TPSA) is 91.6 Å². The molecule has 1 N–H and O–H groups in total. The van der Waals surface area contributed by atoms with E-state index >= 15 is 0 Å². The van der Waals surface area contributed by atoms with Crippen LogP contribution in [0.2, 0.25) is 0 Å². The van der Waals surface area contributed by atoms with Gasteiger partial charge in [0.25, 0.3) is 0 Å². The number of carbonyl (C=O) groups excluding carboxylic acids is 1. The number of carbonyl (C=O) groups is 1. The third-order valence-corrected chi connectivity index (χ3v) is 5.66. The van der Waals surface area contributed by atoms with Gasteiger partial charge in [-0.05, 0) is 45.0 Å². The van der Waals surface area contributed by atoms with Gasteiger partial charge in [0.05, 0.1) is 16.6 Å². The Hall–Kier alpha value is -2.83. The van der Waals surface area contributed by atoms with Crippen LogP contribution in [0.1, 0.15) is 24.0 Å². The van der Waals surface area contributed by atoms with Crippen molar-refractivity contribution in [3.63, 3.8) is 0 Å². The molecule has 6 nitrogen and oxygen atoms in total. The van der Waals surface area contributed by atoms with Gasteiger partial charge in [0.15, 0.2) is 5.13 Å². The minimum atomic E-state index is -0.487. The molecule has 0 spiro atoms. The van der Waals surface area contributed by atoms with Crippen molar-refractivity contribution in [1.82, 2.24) is 15.0 Å². The Morgan fingerprint density at radius 1 is 1.25 bits per heavy atom. The number of aryl methyl sites for hydroxylation is 2. The second kappa shape index (κ2) is 8.46. The van der Waals surface area contributed by atoms with E-state index in [1.54, 1.807) is 38.3 Å². The van der Waals surface area contributed by atoms with Crippen LogP contribution in [-0.4, -0.2) is 26.1 Å². The highest BCUT2D eigenvalue weighted by atomic mass is 32.2. The molecular formula is C19H16FN5OS2. The van der Waals surface area contributed by atoms with Crippen LogP contribution in [0.5, 0.6) is 0 Å². The van der Waals surface area contributed by atoms with Gasteiger partial charge in [-0.15, -0.1) is 11.3 Å². The average Bonchev–Trinajstić information content (AvgIpc) is 3.10. The molecule has 0 saturated heterocycles. The zero-order valence-electron chi connectivity index (χ0n) is 15.4. The highest BCUT2D eigenvalue weighted by Gasteiger charge is 2.20. The van der Waals surface area contributed by atoms with Gasteiger partial charge in [0.2, 0.25) is 5.91 Å². The van der Waals surface area contributed by atoms with Crippen LogP contribution >= 0.6 is 23.1 Å². The predicted molar refractivity (Wildman–Crippen MR) is 108 cm³/mol.